The summed E-state index contributed by atoms with van der Waals surface area (Å²) in [7, 11) is 0. The van der Waals surface area contributed by atoms with Crippen molar-refractivity contribution in [3.8, 4) is 0 Å². The summed E-state index contributed by atoms with van der Waals surface area (Å²) in [5, 5.41) is 12.9. The summed E-state index contributed by atoms with van der Waals surface area (Å²) in [6, 6.07) is 1.35. The molecule has 5 nitrogen and oxygen atoms in total. The molecule has 0 bridgehead atoms. The molecule has 0 amide bonds. The molecule has 0 aliphatic carbocycles. The first-order valence-corrected chi connectivity index (χ1v) is 5.40. The van der Waals surface area contributed by atoms with Crippen molar-refractivity contribution in [2.75, 3.05) is 18.5 Å². The Balaban J connectivity index is 2.69. The molecular weight excluding hydrogens is 246 g/mol. The number of hydrogen-bond donors (Lipinski definition) is 1. The van der Waals surface area contributed by atoms with Crippen LogP contribution < -0.4 is 5.32 Å². The van der Waals surface area contributed by atoms with Crippen LogP contribution in [-0.2, 0) is 4.74 Å². The van der Waals surface area contributed by atoms with Gasteiger partial charge in [0.15, 0.2) is 11.6 Å². The molecule has 0 aromatic heterocycles. The molecule has 1 aromatic rings. The van der Waals surface area contributed by atoms with E-state index in [-0.39, 0.29) is 24.9 Å². The van der Waals surface area contributed by atoms with Crippen molar-refractivity contribution in [3.63, 3.8) is 0 Å². The molecule has 0 aliphatic rings. The Labute approximate surface area is 103 Å². The van der Waals surface area contributed by atoms with E-state index in [4.69, 9.17) is 4.74 Å². The van der Waals surface area contributed by atoms with Crippen molar-refractivity contribution >= 4 is 11.4 Å². The first kappa shape index (κ1) is 14.3. The second-order valence-corrected chi connectivity index (χ2v) is 3.89. The predicted molar refractivity (Wildman–Crippen MR) is 62.6 cm³/mol. The number of nitro benzene ring substituents is 1. The third-order valence-electron chi connectivity index (χ3n) is 2.09. The topological polar surface area (TPSA) is 64.4 Å². The van der Waals surface area contributed by atoms with Gasteiger partial charge in [-0.25, -0.2) is 8.78 Å². The lowest BCUT2D eigenvalue weighted by Crippen LogP contribution is -2.14. The van der Waals surface area contributed by atoms with Crippen molar-refractivity contribution in [2.45, 2.75) is 20.0 Å². The van der Waals surface area contributed by atoms with Crippen LogP contribution in [0.25, 0.3) is 0 Å². The Hall–Kier alpha value is -1.76. The molecule has 0 aliphatic heterocycles. The minimum atomic E-state index is -0.994. The summed E-state index contributed by atoms with van der Waals surface area (Å²) in [6.45, 7) is 4.18. The second kappa shape index (κ2) is 6.25. The number of hydrogen-bond acceptors (Lipinski definition) is 4. The molecule has 0 saturated heterocycles. The largest absolute Gasteiger partial charge is 0.378 e. The van der Waals surface area contributed by atoms with Gasteiger partial charge in [-0.3, -0.25) is 10.1 Å². The summed E-state index contributed by atoms with van der Waals surface area (Å²) in [5.74, 6) is -1.99. The van der Waals surface area contributed by atoms with Gasteiger partial charge in [0.05, 0.1) is 29.8 Å². The normalized spacial score (nSPS) is 10.7. The maximum atomic E-state index is 13.4. The number of ether oxygens (including phenoxy) is 1. The standard InChI is InChI=1S/C11H14F2N2O3/c1-7(2)18-4-3-14-11-9(12)5-8(15(16)17)6-10(11)13/h5-7,14H,3-4H2,1-2H3. The van der Waals surface area contributed by atoms with E-state index in [1.807, 2.05) is 13.8 Å². The molecule has 1 rings (SSSR count). The lowest BCUT2D eigenvalue weighted by Gasteiger charge is -2.10. The van der Waals surface area contributed by atoms with Gasteiger partial charge in [-0.05, 0) is 13.8 Å². The Kier molecular flexibility index (Phi) is 4.96. The van der Waals surface area contributed by atoms with Crippen LogP contribution in [0, 0.1) is 21.7 Å². The molecular formula is C11H14F2N2O3. The quantitative estimate of drug-likeness (QED) is 0.485. The number of non-ortho nitro benzene ring substituents is 1. The van der Waals surface area contributed by atoms with Gasteiger partial charge in [0.2, 0.25) is 0 Å². The monoisotopic (exact) mass is 260 g/mol. The van der Waals surface area contributed by atoms with E-state index in [0.717, 1.165) is 0 Å². The maximum Gasteiger partial charge on any atom is 0.275 e. The highest BCUT2D eigenvalue weighted by molar-refractivity contribution is 5.51. The summed E-state index contributed by atoms with van der Waals surface area (Å²) in [5.41, 5.74) is -0.998. The van der Waals surface area contributed by atoms with Gasteiger partial charge in [-0.1, -0.05) is 0 Å². The Morgan fingerprint density at radius 3 is 2.39 bits per heavy atom. The number of halogens is 2. The van der Waals surface area contributed by atoms with Crippen LogP contribution in [0.5, 0.6) is 0 Å². The fraction of sp³-hybridized carbons (Fsp3) is 0.455. The van der Waals surface area contributed by atoms with Gasteiger partial charge in [0.1, 0.15) is 5.69 Å². The molecule has 0 saturated carbocycles. The van der Waals surface area contributed by atoms with E-state index in [0.29, 0.717) is 12.1 Å². The number of nitrogens with zero attached hydrogens (tertiary/aromatic N) is 1. The van der Waals surface area contributed by atoms with Crippen LogP contribution in [0.2, 0.25) is 0 Å². The third kappa shape index (κ3) is 3.92. The highest BCUT2D eigenvalue weighted by atomic mass is 19.1. The number of nitrogens with one attached hydrogen (secondary N) is 1. The SMILES string of the molecule is CC(C)OCCNc1c(F)cc([N+](=O)[O-])cc1F. The molecule has 0 atom stereocenters. The number of rotatable bonds is 6. The van der Waals surface area contributed by atoms with E-state index in [1.54, 1.807) is 0 Å². The van der Waals surface area contributed by atoms with Crippen LogP contribution in [0.1, 0.15) is 13.8 Å². The Morgan fingerprint density at radius 2 is 1.94 bits per heavy atom. The second-order valence-electron chi connectivity index (χ2n) is 3.89. The third-order valence-corrected chi connectivity index (χ3v) is 2.09. The van der Waals surface area contributed by atoms with Crippen LogP contribution in [-0.4, -0.2) is 24.2 Å². The molecule has 0 spiro atoms. The average Bonchev–Trinajstić information content (AvgIpc) is 2.26. The van der Waals surface area contributed by atoms with Gasteiger partial charge >= 0.3 is 0 Å². The number of anilines is 1. The van der Waals surface area contributed by atoms with Crippen molar-refractivity contribution in [3.05, 3.63) is 33.9 Å². The first-order chi connectivity index (χ1) is 8.41. The molecule has 0 heterocycles. The highest BCUT2D eigenvalue weighted by Gasteiger charge is 2.16. The minimum absolute atomic E-state index is 0.0263. The zero-order valence-electron chi connectivity index (χ0n) is 10.1. The van der Waals surface area contributed by atoms with Crippen molar-refractivity contribution in [1.82, 2.24) is 0 Å². The van der Waals surface area contributed by atoms with Crippen LogP contribution in [0.3, 0.4) is 0 Å². The number of nitro groups is 1. The fourth-order valence-electron chi connectivity index (χ4n) is 1.30. The molecule has 0 unspecified atom stereocenters. The summed E-state index contributed by atoms with van der Waals surface area (Å²) >= 11 is 0. The predicted octanol–water partition coefficient (Wildman–Crippen LogP) is 2.71. The van der Waals surface area contributed by atoms with E-state index >= 15 is 0 Å². The lowest BCUT2D eigenvalue weighted by atomic mass is 10.2. The summed E-state index contributed by atoms with van der Waals surface area (Å²) < 4.78 is 32.0. The van der Waals surface area contributed by atoms with E-state index < -0.39 is 22.2 Å². The zero-order chi connectivity index (χ0) is 13.7. The van der Waals surface area contributed by atoms with Gasteiger partial charge < -0.3 is 10.1 Å². The van der Waals surface area contributed by atoms with Crippen molar-refractivity contribution < 1.29 is 18.4 Å². The van der Waals surface area contributed by atoms with Gasteiger partial charge in [0, 0.05) is 6.54 Å². The molecule has 0 radical (unpaired) electrons. The minimum Gasteiger partial charge on any atom is -0.378 e. The molecule has 18 heavy (non-hydrogen) atoms. The van der Waals surface area contributed by atoms with E-state index in [2.05, 4.69) is 5.32 Å². The molecule has 7 heteroatoms. The van der Waals surface area contributed by atoms with Gasteiger partial charge in [0.25, 0.3) is 5.69 Å². The van der Waals surface area contributed by atoms with Crippen LogP contribution in [0.15, 0.2) is 12.1 Å². The lowest BCUT2D eigenvalue weighted by molar-refractivity contribution is -0.385. The maximum absolute atomic E-state index is 13.4. The average molecular weight is 260 g/mol. The van der Waals surface area contributed by atoms with Gasteiger partial charge in [-0.2, -0.15) is 0 Å². The van der Waals surface area contributed by atoms with Crippen LogP contribution in [0.4, 0.5) is 20.2 Å². The molecule has 1 N–H and O–H groups in total. The molecule has 1 aromatic carbocycles. The highest BCUT2D eigenvalue weighted by Crippen LogP contribution is 2.24. The Bertz CT molecular complexity index is 415. The van der Waals surface area contributed by atoms with Crippen molar-refractivity contribution in [2.24, 2.45) is 0 Å². The first-order valence-electron chi connectivity index (χ1n) is 5.40. The van der Waals surface area contributed by atoms with Gasteiger partial charge in [-0.15, -0.1) is 0 Å². The van der Waals surface area contributed by atoms with Crippen LogP contribution >= 0.6 is 0 Å². The van der Waals surface area contributed by atoms with E-state index in [9.17, 15) is 18.9 Å². The smallest absolute Gasteiger partial charge is 0.275 e. The van der Waals surface area contributed by atoms with E-state index in [1.165, 1.54) is 0 Å². The van der Waals surface area contributed by atoms with Crippen molar-refractivity contribution in [1.29, 1.82) is 0 Å². The summed E-state index contributed by atoms with van der Waals surface area (Å²) in [4.78, 5) is 9.53. The summed E-state index contributed by atoms with van der Waals surface area (Å²) in [6.07, 6.45) is 0.0263. The molecule has 0 fully saturated rings. The molecule has 100 valence electrons. The zero-order valence-corrected chi connectivity index (χ0v) is 10.1. The number of benzene rings is 1. The Morgan fingerprint density at radius 1 is 1.39 bits per heavy atom. The fourth-order valence-corrected chi connectivity index (χ4v) is 1.30.